The topological polar surface area (TPSA) is 112 Å². The van der Waals surface area contributed by atoms with Crippen molar-refractivity contribution in [1.29, 1.82) is 0 Å². The van der Waals surface area contributed by atoms with E-state index in [1.807, 2.05) is 39.0 Å². The highest BCUT2D eigenvalue weighted by Gasteiger charge is 2.27. The van der Waals surface area contributed by atoms with Crippen LogP contribution in [0.1, 0.15) is 41.8 Å². The SMILES string of the molecule is Cc1c(C(=O)NC(c2nc(-c3ccncc3)no2)C(C)C)cnn1-c1ccccn1. The summed E-state index contributed by atoms with van der Waals surface area (Å²) in [7, 11) is 0. The molecule has 30 heavy (non-hydrogen) atoms. The van der Waals surface area contributed by atoms with E-state index >= 15 is 0 Å². The van der Waals surface area contributed by atoms with Gasteiger partial charge in [-0.1, -0.05) is 25.1 Å². The molecule has 4 aromatic rings. The fourth-order valence-electron chi connectivity index (χ4n) is 3.05. The summed E-state index contributed by atoms with van der Waals surface area (Å²) in [6, 6.07) is 8.68. The molecule has 0 saturated carbocycles. The molecule has 9 nitrogen and oxygen atoms in total. The molecule has 0 spiro atoms. The summed E-state index contributed by atoms with van der Waals surface area (Å²) in [4.78, 5) is 25.7. The predicted molar refractivity (Wildman–Crippen MR) is 109 cm³/mol. The number of amides is 1. The number of hydrogen-bond donors (Lipinski definition) is 1. The molecule has 0 aromatic carbocycles. The largest absolute Gasteiger partial charge is 0.340 e. The minimum absolute atomic E-state index is 0.0332. The van der Waals surface area contributed by atoms with Gasteiger partial charge in [-0.25, -0.2) is 9.67 Å². The van der Waals surface area contributed by atoms with Gasteiger partial charge in [0, 0.05) is 24.2 Å². The van der Waals surface area contributed by atoms with Crippen LogP contribution < -0.4 is 5.32 Å². The zero-order valence-electron chi connectivity index (χ0n) is 16.9. The van der Waals surface area contributed by atoms with Crippen molar-refractivity contribution in [2.45, 2.75) is 26.8 Å². The highest BCUT2D eigenvalue weighted by molar-refractivity contribution is 5.95. The molecule has 4 heterocycles. The zero-order chi connectivity index (χ0) is 21.1. The molecule has 0 aliphatic carbocycles. The standard InChI is InChI=1S/C21H21N7O2/c1-13(2)18(21-26-19(27-30-21)15-7-10-22-11-8-15)25-20(29)16-12-24-28(14(16)3)17-6-4-5-9-23-17/h4-13,18H,1-3H3,(H,25,29). The van der Waals surface area contributed by atoms with Crippen molar-refractivity contribution in [3.63, 3.8) is 0 Å². The summed E-state index contributed by atoms with van der Waals surface area (Å²) in [5.74, 6) is 1.21. The van der Waals surface area contributed by atoms with Crippen LogP contribution in [0.15, 0.2) is 59.6 Å². The molecule has 1 amide bonds. The lowest BCUT2D eigenvalue weighted by Gasteiger charge is -2.18. The van der Waals surface area contributed by atoms with E-state index in [4.69, 9.17) is 4.52 Å². The Morgan fingerprint density at radius 3 is 2.63 bits per heavy atom. The smallest absolute Gasteiger partial charge is 0.255 e. The summed E-state index contributed by atoms with van der Waals surface area (Å²) in [5.41, 5.74) is 1.94. The normalized spacial score (nSPS) is 12.1. The van der Waals surface area contributed by atoms with Gasteiger partial charge in [0.15, 0.2) is 5.82 Å². The second-order valence-corrected chi connectivity index (χ2v) is 7.13. The molecule has 0 saturated heterocycles. The van der Waals surface area contributed by atoms with E-state index in [1.165, 1.54) is 6.20 Å². The minimum atomic E-state index is -0.446. The molecule has 1 unspecified atom stereocenters. The van der Waals surface area contributed by atoms with Gasteiger partial charge >= 0.3 is 0 Å². The molecule has 0 radical (unpaired) electrons. The third-order valence-electron chi connectivity index (χ3n) is 4.72. The lowest BCUT2D eigenvalue weighted by atomic mass is 10.0. The molecule has 0 bridgehead atoms. The van der Waals surface area contributed by atoms with Crippen LogP contribution in [0.5, 0.6) is 0 Å². The average Bonchev–Trinajstić information content (AvgIpc) is 3.40. The number of nitrogens with one attached hydrogen (secondary N) is 1. The van der Waals surface area contributed by atoms with Crippen molar-refractivity contribution in [2.75, 3.05) is 0 Å². The van der Waals surface area contributed by atoms with Gasteiger partial charge in [-0.05, 0) is 37.1 Å². The second-order valence-electron chi connectivity index (χ2n) is 7.13. The molecule has 9 heteroatoms. The number of nitrogens with zero attached hydrogens (tertiary/aromatic N) is 6. The molecule has 0 fully saturated rings. The Balaban J connectivity index is 1.57. The second kappa shape index (κ2) is 8.24. The van der Waals surface area contributed by atoms with Gasteiger partial charge in [-0.15, -0.1) is 0 Å². The van der Waals surface area contributed by atoms with E-state index in [2.05, 4.69) is 30.5 Å². The van der Waals surface area contributed by atoms with Crippen LogP contribution in [0.2, 0.25) is 0 Å². The Labute approximate surface area is 173 Å². The summed E-state index contributed by atoms with van der Waals surface area (Å²) >= 11 is 0. The summed E-state index contributed by atoms with van der Waals surface area (Å²) in [5, 5.41) is 11.4. The van der Waals surface area contributed by atoms with Crippen LogP contribution >= 0.6 is 0 Å². The number of rotatable bonds is 6. The quantitative estimate of drug-likeness (QED) is 0.526. The molecule has 4 rings (SSSR count). The first kappa shape index (κ1) is 19.4. The maximum Gasteiger partial charge on any atom is 0.255 e. The molecule has 1 N–H and O–H groups in total. The first-order valence-electron chi connectivity index (χ1n) is 9.55. The van der Waals surface area contributed by atoms with Gasteiger partial charge in [-0.2, -0.15) is 10.1 Å². The summed E-state index contributed by atoms with van der Waals surface area (Å²) in [6.45, 7) is 5.78. The maximum atomic E-state index is 13.0. The van der Waals surface area contributed by atoms with Crippen molar-refractivity contribution in [3.8, 4) is 17.2 Å². The van der Waals surface area contributed by atoms with Crippen LogP contribution in [-0.2, 0) is 0 Å². The fraction of sp³-hybridized carbons (Fsp3) is 0.238. The van der Waals surface area contributed by atoms with E-state index in [1.54, 1.807) is 35.4 Å². The van der Waals surface area contributed by atoms with Crippen molar-refractivity contribution >= 4 is 5.91 Å². The van der Waals surface area contributed by atoms with E-state index in [0.717, 1.165) is 5.56 Å². The highest BCUT2D eigenvalue weighted by atomic mass is 16.5. The zero-order valence-corrected chi connectivity index (χ0v) is 16.9. The van der Waals surface area contributed by atoms with Crippen molar-refractivity contribution in [2.24, 2.45) is 5.92 Å². The van der Waals surface area contributed by atoms with Crippen molar-refractivity contribution < 1.29 is 9.32 Å². The molecule has 152 valence electrons. The predicted octanol–water partition coefficient (Wildman–Crippen LogP) is 3.15. The Bertz CT molecular complexity index is 1140. The van der Waals surface area contributed by atoms with E-state index in [9.17, 15) is 4.79 Å². The summed E-state index contributed by atoms with van der Waals surface area (Å²) in [6.07, 6.45) is 6.54. The Morgan fingerprint density at radius 1 is 1.13 bits per heavy atom. The molecule has 0 aliphatic rings. The average molecular weight is 403 g/mol. The Hall–Kier alpha value is -3.88. The molecule has 4 aromatic heterocycles. The molecule has 0 aliphatic heterocycles. The number of aromatic nitrogens is 6. The molecular formula is C21H21N7O2. The van der Waals surface area contributed by atoms with E-state index in [0.29, 0.717) is 28.8 Å². The van der Waals surface area contributed by atoms with E-state index in [-0.39, 0.29) is 11.8 Å². The maximum absolute atomic E-state index is 13.0. The van der Waals surface area contributed by atoms with Crippen LogP contribution in [0.3, 0.4) is 0 Å². The minimum Gasteiger partial charge on any atom is -0.340 e. The van der Waals surface area contributed by atoms with Gasteiger partial charge in [0.1, 0.15) is 6.04 Å². The van der Waals surface area contributed by atoms with Gasteiger partial charge in [0.25, 0.3) is 5.91 Å². The number of pyridine rings is 2. The van der Waals surface area contributed by atoms with Crippen LogP contribution in [0.25, 0.3) is 17.2 Å². The third kappa shape index (κ3) is 3.82. The van der Waals surface area contributed by atoms with Gasteiger partial charge in [0.2, 0.25) is 11.7 Å². The van der Waals surface area contributed by atoms with Gasteiger partial charge in [0.05, 0.1) is 17.5 Å². The monoisotopic (exact) mass is 403 g/mol. The van der Waals surface area contributed by atoms with Gasteiger partial charge in [-0.3, -0.25) is 9.78 Å². The van der Waals surface area contributed by atoms with Crippen molar-refractivity contribution in [3.05, 3.63) is 72.3 Å². The lowest BCUT2D eigenvalue weighted by Crippen LogP contribution is -2.32. The van der Waals surface area contributed by atoms with Crippen LogP contribution in [-0.4, -0.2) is 35.8 Å². The van der Waals surface area contributed by atoms with Crippen LogP contribution in [0.4, 0.5) is 0 Å². The van der Waals surface area contributed by atoms with Crippen molar-refractivity contribution in [1.82, 2.24) is 35.2 Å². The fourth-order valence-corrected chi connectivity index (χ4v) is 3.05. The number of carbonyl (C=O) groups is 1. The van der Waals surface area contributed by atoms with Crippen LogP contribution in [0, 0.1) is 12.8 Å². The van der Waals surface area contributed by atoms with Gasteiger partial charge < -0.3 is 9.84 Å². The highest BCUT2D eigenvalue weighted by Crippen LogP contribution is 2.24. The Kier molecular flexibility index (Phi) is 5.34. The summed E-state index contributed by atoms with van der Waals surface area (Å²) < 4.78 is 7.09. The first-order chi connectivity index (χ1) is 14.5. The molecule has 1 atom stereocenters. The first-order valence-corrected chi connectivity index (χ1v) is 9.55. The Morgan fingerprint density at radius 2 is 1.93 bits per heavy atom. The third-order valence-corrected chi connectivity index (χ3v) is 4.72. The number of carbonyl (C=O) groups excluding carboxylic acids is 1. The lowest BCUT2D eigenvalue weighted by molar-refractivity contribution is 0.0913. The molecular weight excluding hydrogens is 382 g/mol. The van der Waals surface area contributed by atoms with E-state index < -0.39 is 6.04 Å². The number of hydrogen-bond acceptors (Lipinski definition) is 7.